The second kappa shape index (κ2) is 9.46. The van der Waals surface area contributed by atoms with Crippen molar-refractivity contribution in [3.05, 3.63) is 35.6 Å². The Bertz CT molecular complexity index is 608. The molecule has 0 aliphatic heterocycles. The first kappa shape index (κ1) is 19.4. The van der Waals surface area contributed by atoms with E-state index in [1.54, 1.807) is 25.1 Å². The number of halogens is 1. The molecule has 1 rings (SSSR count). The zero-order valence-electron chi connectivity index (χ0n) is 13.5. The van der Waals surface area contributed by atoms with Crippen LogP contribution < -0.4 is 10.6 Å². The van der Waals surface area contributed by atoms with Gasteiger partial charge in [0.25, 0.3) is 0 Å². The van der Waals surface area contributed by atoms with E-state index in [0.29, 0.717) is 38.0 Å². The molecule has 8 heteroatoms. The third kappa shape index (κ3) is 6.96. The Balaban J connectivity index is 2.17. The van der Waals surface area contributed by atoms with Gasteiger partial charge in [0.2, 0.25) is 10.0 Å². The normalized spacial score (nSPS) is 11.5. The van der Waals surface area contributed by atoms with E-state index in [1.165, 1.54) is 17.4 Å². The fourth-order valence-electron chi connectivity index (χ4n) is 1.94. The topological polar surface area (TPSA) is 78.5 Å². The second-order valence-corrected chi connectivity index (χ2v) is 7.46. The highest BCUT2D eigenvalue weighted by molar-refractivity contribution is 7.89. The average Bonchev–Trinajstić information content (AvgIpc) is 2.53. The van der Waals surface area contributed by atoms with Gasteiger partial charge in [0.05, 0.1) is 5.75 Å². The van der Waals surface area contributed by atoms with E-state index in [2.05, 4.69) is 10.6 Å². The van der Waals surface area contributed by atoms with E-state index in [9.17, 15) is 17.6 Å². The molecule has 6 nitrogen and oxygen atoms in total. The largest absolute Gasteiger partial charge is 0.338 e. The van der Waals surface area contributed by atoms with Gasteiger partial charge in [-0.3, -0.25) is 0 Å². The summed E-state index contributed by atoms with van der Waals surface area (Å²) in [5.74, 6) is -0.220. The number of nitrogens with one attached hydrogen (secondary N) is 2. The van der Waals surface area contributed by atoms with Crippen molar-refractivity contribution in [2.24, 2.45) is 0 Å². The van der Waals surface area contributed by atoms with Crippen LogP contribution in [0.1, 0.15) is 18.9 Å². The summed E-state index contributed by atoms with van der Waals surface area (Å²) >= 11 is 0. The number of hydrogen-bond acceptors (Lipinski definition) is 3. The summed E-state index contributed by atoms with van der Waals surface area (Å²) in [5.41, 5.74) is 0.555. The molecule has 2 N–H and O–H groups in total. The zero-order valence-corrected chi connectivity index (χ0v) is 14.3. The molecule has 0 aromatic heterocycles. The molecule has 0 radical (unpaired) electrons. The lowest BCUT2D eigenvalue weighted by atomic mass is 10.1. The number of carbonyl (C=O) groups excluding carboxylic acids is 1. The number of nitrogens with zero attached hydrogens (tertiary/aromatic N) is 1. The highest BCUT2D eigenvalue weighted by atomic mass is 32.2. The number of sulfonamides is 1. The summed E-state index contributed by atoms with van der Waals surface area (Å²) in [7, 11) is -1.66. The van der Waals surface area contributed by atoms with Crippen LogP contribution in [0.2, 0.25) is 0 Å². The van der Waals surface area contributed by atoms with Gasteiger partial charge in [-0.25, -0.2) is 21.9 Å². The van der Waals surface area contributed by atoms with E-state index in [1.807, 2.05) is 0 Å². The zero-order chi connectivity index (χ0) is 17.3. The minimum atomic E-state index is -3.18. The Morgan fingerprint density at radius 3 is 2.52 bits per heavy atom. The van der Waals surface area contributed by atoms with Crippen molar-refractivity contribution < 1.29 is 17.6 Å². The predicted octanol–water partition coefficient (Wildman–Crippen LogP) is 1.34. The summed E-state index contributed by atoms with van der Waals surface area (Å²) in [5, 5.41) is 5.28. The molecule has 0 aliphatic rings. The molecule has 0 saturated heterocycles. The molecule has 23 heavy (non-hydrogen) atoms. The molecule has 0 aliphatic carbocycles. The average molecular weight is 345 g/mol. The number of rotatable bonds is 9. The maximum absolute atomic E-state index is 13.4. The summed E-state index contributed by atoms with van der Waals surface area (Å²) in [6.07, 6.45) is 0.939. The summed E-state index contributed by atoms with van der Waals surface area (Å²) in [4.78, 5) is 11.6. The minimum absolute atomic E-state index is 0.0630. The number of benzene rings is 1. The first-order valence-electron chi connectivity index (χ1n) is 7.56. The predicted molar refractivity (Wildman–Crippen MR) is 88.2 cm³/mol. The monoisotopic (exact) mass is 345 g/mol. The Morgan fingerprint density at radius 1 is 1.22 bits per heavy atom. The van der Waals surface area contributed by atoms with E-state index in [-0.39, 0.29) is 17.6 Å². The minimum Gasteiger partial charge on any atom is -0.338 e. The van der Waals surface area contributed by atoms with Crippen LogP contribution in [0.3, 0.4) is 0 Å². The van der Waals surface area contributed by atoms with Crippen molar-refractivity contribution in [2.45, 2.75) is 19.8 Å². The van der Waals surface area contributed by atoms with E-state index < -0.39 is 10.0 Å². The van der Waals surface area contributed by atoms with Crippen LogP contribution in [0.25, 0.3) is 0 Å². The third-order valence-electron chi connectivity index (χ3n) is 3.41. The lowest BCUT2D eigenvalue weighted by molar-refractivity contribution is 0.240. The molecular formula is C15H24FN3O3S. The van der Waals surface area contributed by atoms with Gasteiger partial charge in [-0.05, 0) is 31.4 Å². The third-order valence-corrected chi connectivity index (χ3v) is 5.27. The number of amides is 2. The quantitative estimate of drug-likeness (QED) is 0.663. The Hall–Kier alpha value is -1.67. The molecule has 0 unspecified atom stereocenters. The van der Waals surface area contributed by atoms with Crippen LogP contribution in [-0.2, 0) is 16.4 Å². The molecule has 2 amide bonds. The fourth-order valence-corrected chi connectivity index (χ4v) is 2.79. The smallest absolute Gasteiger partial charge is 0.314 e. The molecule has 0 atom stereocenters. The lowest BCUT2D eigenvalue weighted by Gasteiger charge is -2.15. The van der Waals surface area contributed by atoms with Crippen molar-refractivity contribution in [1.82, 2.24) is 14.9 Å². The summed E-state index contributed by atoms with van der Waals surface area (Å²) in [6, 6.07) is 6.09. The van der Waals surface area contributed by atoms with Crippen LogP contribution in [-0.4, -0.2) is 51.2 Å². The van der Waals surface area contributed by atoms with Gasteiger partial charge in [-0.15, -0.1) is 0 Å². The van der Waals surface area contributed by atoms with Crippen molar-refractivity contribution in [1.29, 1.82) is 0 Å². The van der Waals surface area contributed by atoms with E-state index >= 15 is 0 Å². The maximum Gasteiger partial charge on any atom is 0.314 e. The van der Waals surface area contributed by atoms with Crippen molar-refractivity contribution in [2.75, 3.05) is 32.4 Å². The van der Waals surface area contributed by atoms with Crippen LogP contribution in [0, 0.1) is 5.82 Å². The Kier molecular flexibility index (Phi) is 7.97. The van der Waals surface area contributed by atoms with E-state index in [4.69, 9.17) is 0 Å². The van der Waals surface area contributed by atoms with Crippen LogP contribution in [0.15, 0.2) is 24.3 Å². The Morgan fingerprint density at radius 2 is 1.87 bits per heavy atom. The van der Waals surface area contributed by atoms with Crippen molar-refractivity contribution in [3.8, 4) is 0 Å². The molecule has 0 heterocycles. The van der Waals surface area contributed by atoms with Gasteiger partial charge < -0.3 is 10.6 Å². The van der Waals surface area contributed by atoms with Crippen molar-refractivity contribution in [3.63, 3.8) is 0 Å². The van der Waals surface area contributed by atoms with Gasteiger partial charge in [-0.1, -0.05) is 18.2 Å². The molecule has 1 aromatic carbocycles. The molecule has 0 spiro atoms. The second-order valence-electron chi connectivity index (χ2n) is 5.10. The molecule has 0 fully saturated rings. The van der Waals surface area contributed by atoms with Crippen LogP contribution in [0.4, 0.5) is 9.18 Å². The lowest BCUT2D eigenvalue weighted by Crippen LogP contribution is -2.38. The van der Waals surface area contributed by atoms with Crippen molar-refractivity contribution >= 4 is 16.1 Å². The van der Waals surface area contributed by atoms with Gasteiger partial charge >= 0.3 is 6.03 Å². The Labute approximate surface area is 137 Å². The van der Waals surface area contributed by atoms with Gasteiger partial charge in [-0.2, -0.15) is 0 Å². The molecule has 0 bridgehead atoms. The highest BCUT2D eigenvalue weighted by Crippen LogP contribution is 2.06. The molecule has 130 valence electrons. The first-order valence-corrected chi connectivity index (χ1v) is 9.17. The standard InChI is InChI=1S/C15H24FN3O3S/c1-3-23(21,22)19(2)12-6-10-17-15(20)18-11-9-13-7-4-5-8-14(13)16/h4-5,7-8H,3,6,9-12H2,1-2H3,(H2,17,18,20). The fraction of sp³-hybridized carbons (Fsp3) is 0.533. The summed E-state index contributed by atoms with van der Waals surface area (Å²) < 4.78 is 37.7. The molecule has 1 aromatic rings. The van der Waals surface area contributed by atoms with Gasteiger partial charge in [0.1, 0.15) is 5.82 Å². The first-order chi connectivity index (χ1) is 10.9. The SMILES string of the molecule is CCS(=O)(=O)N(C)CCCNC(=O)NCCc1ccccc1F. The van der Waals surface area contributed by atoms with Crippen LogP contribution in [0.5, 0.6) is 0 Å². The van der Waals surface area contributed by atoms with Crippen LogP contribution >= 0.6 is 0 Å². The number of carbonyl (C=O) groups is 1. The van der Waals surface area contributed by atoms with E-state index in [0.717, 1.165) is 0 Å². The molecule has 0 saturated carbocycles. The summed E-state index contributed by atoms with van der Waals surface area (Å²) in [6.45, 7) is 2.64. The number of hydrogen-bond donors (Lipinski definition) is 2. The highest BCUT2D eigenvalue weighted by Gasteiger charge is 2.14. The number of urea groups is 1. The molecular weight excluding hydrogens is 321 g/mol. The maximum atomic E-state index is 13.4. The van der Waals surface area contributed by atoms with Gasteiger partial charge in [0, 0.05) is 26.7 Å². The van der Waals surface area contributed by atoms with Gasteiger partial charge in [0.15, 0.2) is 0 Å².